The summed E-state index contributed by atoms with van der Waals surface area (Å²) in [6.45, 7) is 5.46. The average Bonchev–Trinajstić information content (AvgIpc) is 3.23. The van der Waals surface area contributed by atoms with Crippen LogP contribution in [0.15, 0.2) is 66.7 Å². The van der Waals surface area contributed by atoms with Gasteiger partial charge in [-0.25, -0.2) is 4.68 Å². The Morgan fingerprint density at radius 1 is 0.935 bits per heavy atom. The minimum absolute atomic E-state index is 0.422. The zero-order valence-corrected chi connectivity index (χ0v) is 18.2. The van der Waals surface area contributed by atoms with E-state index >= 15 is 0 Å². The van der Waals surface area contributed by atoms with E-state index in [0.29, 0.717) is 30.6 Å². The smallest absolute Gasteiger partial charge is 0.182 e. The van der Waals surface area contributed by atoms with Gasteiger partial charge in [-0.1, -0.05) is 54.1 Å². The molecule has 3 aromatic carbocycles. The van der Waals surface area contributed by atoms with Crippen LogP contribution in [-0.2, 0) is 13.2 Å². The van der Waals surface area contributed by atoms with Crippen molar-refractivity contribution in [2.24, 2.45) is 0 Å². The molecule has 0 fully saturated rings. The quantitative estimate of drug-likeness (QED) is 0.375. The Morgan fingerprint density at radius 2 is 1.77 bits per heavy atom. The molecule has 0 spiro atoms. The Balaban J connectivity index is 1.62. The lowest BCUT2D eigenvalue weighted by molar-refractivity contribution is 0.302. The van der Waals surface area contributed by atoms with Crippen LogP contribution in [0.2, 0.25) is 5.02 Å². The van der Waals surface area contributed by atoms with Crippen molar-refractivity contribution in [3.05, 3.63) is 88.4 Å². The normalized spacial score (nSPS) is 10.8. The van der Waals surface area contributed by atoms with E-state index in [4.69, 9.17) is 21.1 Å². The summed E-state index contributed by atoms with van der Waals surface area (Å²) in [5.41, 5.74) is 3.90. The molecular formula is C24H23ClN4O2. The topological polar surface area (TPSA) is 62.1 Å². The van der Waals surface area contributed by atoms with Crippen molar-refractivity contribution in [3.63, 3.8) is 0 Å². The maximum atomic E-state index is 6.28. The number of halogens is 1. The second-order valence-corrected chi connectivity index (χ2v) is 7.48. The van der Waals surface area contributed by atoms with Crippen molar-refractivity contribution in [1.29, 1.82) is 0 Å². The highest BCUT2D eigenvalue weighted by atomic mass is 35.5. The van der Waals surface area contributed by atoms with Crippen molar-refractivity contribution < 1.29 is 9.47 Å². The van der Waals surface area contributed by atoms with E-state index in [-0.39, 0.29) is 0 Å². The third-order valence-electron chi connectivity index (χ3n) is 4.94. The van der Waals surface area contributed by atoms with Crippen molar-refractivity contribution in [1.82, 2.24) is 20.2 Å². The van der Waals surface area contributed by atoms with E-state index in [1.807, 2.05) is 80.6 Å². The first-order valence-electron chi connectivity index (χ1n) is 10.1. The molecule has 1 heterocycles. The fraction of sp³-hybridized carbons (Fsp3) is 0.208. The van der Waals surface area contributed by atoms with Gasteiger partial charge in [0.15, 0.2) is 5.82 Å². The van der Waals surface area contributed by atoms with Gasteiger partial charge in [-0.3, -0.25) is 0 Å². The van der Waals surface area contributed by atoms with Crippen LogP contribution in [0.4, 0.5) is 0 Å². The Labute approximate surface area is 186 Å². The molecular weight excluding hydrogens is 412 g/mol. The molecule has 31 heavy (non-hydrogen) atoms. The molecule has 4 aromatic rings. The number of aromatic nitrogens is 4. The molecule has 0 aliphatic rings. The highest BCUT2D eigenvalue weighted by Gasteiger charge is 2.16. The molecule has 7 heteroatoms. The molecule has 0 radical (unpaired) electrons. The standard InChI is InChI=1S/C24H23ClN4O2/c1-3-30-22-11-7-10-21(17(22)2)24-26-27-28-29(24)15-19-14-20(25)12-13-23(19)31-16-18-8-5-4-6-9-18/h4-14H,3,15-16H2,1-2H3. The fourth-order valence-electron chi connectivity index (χ4n) is 3.38. The van der Waals surface area contributed by atoms with Gasteiger partial charge in [-0.05, 0) is 54.1 Å². The van der Waals surface area contributed by atoms with Crippen molar-refractivity contribution in [3.8, 4) is 22.9 Å². The minimum Gasteiger partial charge on any atom is -0.494 e. The zero-order valence-electron chi connectivity index (χ0n) is 17.5. The minimum atomic E-state index is 0.422. The lowest BCUT2D eigenvalue weighted by Crippen LogP contribution is -2.08. The Morgan fingerprint density at radius 3 is 2.58 bits per heavy atom. The summed E-state index contributed by atoms with van der Waals surface area (Å²) in [6, 6.07) is 21.5. The highest BCUT2D eigenvalue weighted by molar-refractivity contribution is 6.30. The molecule has 1 aromatic heterocycles. The number of benzene rings is 3. The van der Waals surface area contributed by atoms with Crippen LogP contribution in [0.1, 0.15) is 23.6 Å². The zero-order chi connectivity index (χ0) is 21.6. The highest BCUT2D eigenvalue weighted by Crippen LogP contribution is 2.30. The molecule has 0 saturated heterocycles. The van der Waals surface area contributed by atoms with Gasteiger partial charge in [-0.2, -0.15) is 0 Å². The van der Waals surface area contributed by atoms with E-state index in [1.165, 1.54) is 0 Å². The fourth-order valence-corrected chi connectivity index (χ4v) is 3.58. The van der Waals surface area contributed by atoms with Gasteiger partial charge >= 0.3 is 0 Å². The largest absolute Gasteiger partial charge is 0.494 e. The molecule has 6 nitrogen and oxygen atoms in total. The third-order valence-corrected chi connectivity index (χ3v) is 5.17. The van der Waals surface area contributed by atoms with Gasteiger partial charge < -0.3 is 9.47 Å². The van der Waals surface area contributed by atoms with E-state index in [1.54, 1.807) is 4.68 Å². The number of hydrogen-bond donors (Lipinski definition) is 0. The van der Waals surface area contributed by atoms with Gasteiger partial charge in [0, 0.05) is 21.7 Å². The molecule has 0 aliphatic carbocycles. The van der Waals surface area contributed by atoms with E-state index in [0.717, 1.165) is 33.8 Å². The summed E-state index contributed by atoms with van der Waals surface area (Å²) in [6.07, 6.45) is 0. The number of rotatable bonds is 8. The monoisotopic (exact) mass is 434 g/mol. The summed E-state index contributed by atoms with van der Waals surface area (Å²) in [4.78, 5) is 0. The number of ether oxygens (including phenoxy) is 2. The Kier molecular flexibility index (Phi) is 6.48. The maximum absolute atomic E-state index is 6.28. The van der Waals surface area contributed by atoms with E-state index in [2.05, 4.69) is 15.5 Å². The average molecular weight is 435 g/mol. The summed E-state index contributed by atoms with van der Waals surface area (Å²) < 4.78 is 13.6. The predicted octanol–water partition coefficient (Wildman–Crippen LogP) is 5.33. The van der Waals surface area contributed by atoms with E-state index < -0.39 is 0 Å². The van der Waals surface area contributed by atoms with Gasteiger partial charge in [0.05, 0.1) is 13.2 Å². The van der Waals surface area contributed by atoms with Gasteiger partial charge in [0.2, 0.25) is 0 Å². The van der Waals surface area contributed by atoms with Crippen molar-refractivity contribution in [2.45, 2.75) is 27.0 Å². The lowest BCUT2D eigenvalue weighted by atomic mass is 10.1. The Bertz CT molecular complexity index is 1160. The molecule has 0 bridgehead atoms. The predicted molar refractivity (Wildman–Crippen MR) is 120 cm³/mol. The van der Waals surface area contributed by atoms with Crippen LogP contribution in [0.25, 0.3) is 11.4 Å². The van der Waals surface area contributed by atoms with Crippen LogP contribution in [0, 0.1) is 6.92 Å². The van der Waals surface area contributed by atoms with E-state index in [9.17, 15) is 0 Å². The van der Waals surface area contributed by atoms with Crippen LogP contribution in [0.3, 0.4) is 0 Å². The molecule has 0 amide bonds. The second kappa shape index (κ2) is 9.62. The van der Waals surface area contributed by atoms with Crippen LogP contribution >= 0.6 is 11.6 Å². The Hall–Kier alpha value is -3.38. The molecule has 4 rings (SSSR count). The van der Waals surface area contributed by atoms with Gasteiger partial charge in [0.25, 0.3) is 0 Å². The first-order valence-corrected chi connectivity index (χ1v) is 10.5. The van der Waals surface area contributed by atoms with Gasteiger partial charge in [0.1, 0.15) is 18.1 Å². The summed E-state index contributed by atoms with van der Waals surface area (Å²) in [7, 11) is 0. The summed E-state index contributed by atoms with van der Waals surface area (Å²) in [5, 5.41) is 13.0. The SMILES string of the molecule is CCOc1cccc(-c2nnnn2Cc2cc(Cl)ccc2OCc2ccccc2)c1C. The second-order valence-electron chi connectivity index (χ2n) is 7.05. The summed E-state index contributed by atoms with van der Waals surface area (Å²) >= 11 is 6.28. The molecule has 0 saturated carbocycles. The molecule has 0 atom stereocenters. The third kappa shape index (κ3) is 4.86. The summed E-state index contributed by atoms with van der Waals surface area (Å²) in [5.74, 6) is 2.23. The first kappa shape index (κ1) is 20.9. The van der Waals surface area contributed by atoms with Gasteiger partial charge in [-0.15, -0.1) is 5.10 Å². The molecule has 0 unspecified atom stereocenters. The number of hydrogen-bond acceptors (Lipinski definition) is 5. The lowest BCUT2D eigenvalue weighted by Gasteiger charge is -2.14. The number of nitrogens with zero attached hydrogens (tertiary/aromatic N) is 4. The number of tetrazole rings is 1. The molecule has 0 aliphatic heterocycles. The van der Waals surface area contributed by atoms with Crippen LogP contribution in [0.5, 0.6) is 11.5 Å². The van der Waals surface area contributed by atoms with Crippen molar-refractivity contribution in [2.75, 3.05) is 6.61 Å². The molecule has 0 N–H and O–H groups in total. The molecule has 158 valence electrons. The maximum Gasteiger partial charge on any atom is 0.182 e. The first-order chi connectivity index (χ1) is 15.2. The van der Waals surface area contributed by atoms with Crippen LogP contribution in [-0.4, -0.2) is 26.8 Å². The van der Waals surface area contributed by atoms with Crippen LogP contribution < -0.4 is 9.47 Å². The van der Waals surface area contributed by atoms with Crippen molar-refractivity contribution >= 4 is 11.6 Å².